The minimum absolute atomic E-state index is 0. The zero-order valence-corrected chi connectivity index (χ0v) is 14.4. The summed E-state index contributed by atoms with van der Waals surface area (Å²) < 4.78 is 30.7. The first kappa shape index (κ1) is 23.9. The van der Waals surface area contributed by atoms with E-state index in [4.69, 9.17) is 16.0 Å². The molecule has 0 unspecified atom stereocenters. The van der Waals surface area contributed by atoms with Crippen LogP contribution in [0, 0.1) is 10.1 Å². The van der Waals surface area contributed by atoms with Gasteiger partial charge in [-0.3, -0.25) is 14.9 Å². The van der Waals surface area contributed by atoms with Crippen LogP contribution in [0.25, 0.3) is 0 Å². The summed E-state index contributed by atoms with van der Waals surface area (Å²) in [5, 5.41) is 10.5. The van der Waals surface area contributed by atoms with Crippen molar-refractivity contribution in [2.75, 3.05) is 0 Å². The van der Waals surface area contributed by atoms with Gasteiger partial charge in [-0.05, 0) is 12.1 Å². The number of nitro groups is 1. The number of carbonyl (C=O) groups excluding carboxylic acids is 1. The summed E-state index contributed by atoms with van der Waals surface area (Å²) in [7, 11) is 0. The predicted molar refractivity (Wildman–Crippen MR) is 86.1 cm³/mol. The number of nitrogens with zero attached hydrogens (tertiary/aromatic N) is 1. The molecule has 0 saturated carbocycles. The van der Waals surface area contributed by atoms with E-state index in [9.17, 15) is 14.9 Å². The quantitative estimate of drug-likeness (QED) is 0.214. The summed E-state index contributed by atoms with van der Waals surface area (Å²) in [4.78, 5) is 21.9. The van der Waals surface area contributed by atoms with Gasteiger partial charge >= 0.3 is 30.5 Å². The number of hydrogen-bond acceptors (Lipinski definition) is 6. The van der Waals surface area contributed by atoms with Crippen molar-refractivity contribution >= 4 is 26.0 Å². The van der Waals surface area contributed by atoms with Gasteiger partial charge in [-0.1, -0.05) is 30.3 Å². The molecule has 2 aromatic carbocycles. The van der Waals surface area contributed by atoms with E-state index >= 15 is 0 Å². The molecule has 9 N–H and O–H groups in total. The molecule has 11 heteroatoms. The van der Waals surface area contributed by atoms with Gasteiger partial charge in [0, 0.05) is 23.3 Å². The monoisotopic (exact) mass is 403 g/mol. The molecule has 2 rings (SSSR count). The van der Waals surface area contributed by atoms with Crippen LogP contribution in [0.3, 0.4) is 0 Å². The number of nitro benzene ring substituents is 1. The van der Waals surface area contributed by atoms with Crippen LogP contribution in [0.4, 0.5) is 5.69 Å². The maximum absolute atomic E-state index is 12.0. The molecular formula is C13H18AsN3O7. The molecule has 0 bridgehead atoms. The molecule has 0 aliphatic rings. The second kappa shape index (κ2) is 10.4. The molecule has 132 valence electrons. The van der Waals surface area contributed by atoms with E-state index in [1.54, 1.807) is 24.3 Å². The number of hydrogen-bond donors (Lipinski definition) is 5. The number of ketones is 1. The second-order valence-electron chi connectivity index (χ2n) is 4.01. The van der Waals surface area contributed by atoms with Crippen LogP contribution in [0.5, 0.6) is 0 Å². The molecule has 10 nitrogen and oxygen atoms in total. The Labute approximate surface area is 140 Å². The van der Waals surface area contributed by atoms with Gasteiger partial charge < -0.3 is 12.3 Å². The van der Waals surface area contributed by atoms with Crippen LogP contribution in [-0.2, 0) is 3.74 Å². The van der Waals surface area contributed by atoms with Gasteiger partial charge in [0.15, 0.2) is 5.78 Å². The first-order chi connectivity index (χ1) is 10.2. The third kappa shape index (κ3) is 8.95. The maximum atomic E-state index is 12.0. The normalized spacial score (nSPS) is 9.46. The van der Waals surface area contributed by atoms with E-state index in [0.29, 0.717) is 11.1 Å². The average molecular weight is 403 g/mol. The minimum atomic E-state index is -5.12. The Balaban J connectivity index is 0. The van der Waals surface area contributed by atoms with Crippen molar-refractivity contribution < 1.29 is 25.7 Å². The first-order valence-corrected chi connectivity index (χ1v) is 9.09. The Morgan fingerprint density at radius 3 is 1.62 bits per heavy atom. The molecule has 0 amide bonds. The topological polar surface area (TPSA) is 208 Å². The zero-order chi connectivity index (χ0) is 16.8. The molecule has 0 spiro atoms. The van der Waals surface area contributed by atoms with E-state index in [2.05, 4.69) is 0 Å². The number of carbonyl (C=O) groups is 1. The summed E-state index contributed by atoms with van der Waals surface area (Å²) in [6.45, 7) is 0. The van der Waals surface area contributed by atoms with Gasteiger partial charge in [-0.25, -0.2) is 0 Å². The van der Waals surface area contributed by atoms with Crippen molar-refractivity contribution in [3.63, 3.8) is 0 Å². The molecule has 0 aliphatic heterocycles. The SMILES string of the molecule is N.N.O=C(c1ccccc1)c1ccc([N+](=O)[O-])cc1.O=[As](O)(O)O. The summed E-state index contributed by atoms with van der Waals surface area (Å²) in [6.07, 6.45) is 0. The fourth-order valence-corrected chi connectivity index (χ4v) is 1.49. The molecule has 0 radical (unpaired) electrons. The fraction of sp³-hybridized carbons (Fsp3) is 0. The Bertz CT molecular complexity index is 693. The van der Waals surface area contributed by atoms with Crippen LogP contribution in [-0.4, -0.2) is 37.5 Å². The fourth-order valence-electron chi connectivity index (χ4n) is 1.49. The van der Waals surface area contributed by atoms with E-state index in [-0.39, 0.29) is 23.8 Å². The van der Waals surface area contributed by atoms with Gasteiger partial charge in [0.2, 0.25) is 0 Å². The molecule has 24 heavy (non-hydrogen) atoms. The van der Waals surface area contributed by atoms with E-state index in [1.165, 1.54) is 24.3 Å². The van der Waals surface area contributed by atoms with Crippen LogP contribution in [0.2, 0.25) is 0 Å². The first-order valence-electron chi connectivity index (χ1n) is 5.81. The van der Waals surface area contributed by atoms with Crippen molar-refractivity contribution in [1.82, 2.24) is 12.3 Å². The van der Waals surface area contributed by atoms with Crippen LogP contribution < -0.4 is 12.3 Å². The molecule has 0 fully saturated rings. The standard InChI is InChI=1S/C13H9NO3.AsH3O4.2H3N/c15-13(10-4-2-1-3-5-10)11-6-8-12(9-7-11)14(16)17;2-1(3,4)5;;/h1-9H;(H3,2,3,4,5);2*1H3. The summed E-state index contributed by atoms with van der Waals surface area (Å²) in [6, 6.07) is 14.4. The van der Waals surface area contributed by atoms with Crippen molar-refractivity contribution in [2.24, 2.45) is 0 Å². The Morgan fingerprint density at radius 2 is 1.25 bits per heavy atom. The van der Waals surface area contributed by atoms with Crippen molar-refractivity contribution in [3.05, 3.63) is 75.8 Å². The molecule has 0 aromatic heterocycles. The van der Waals surface area contributed by atoms with Crippen molar-refractivity contribution in [2.45, 2.75) is 0 Å². The molecule has 0 heterocycles. The van der Waals surface area contributed by atoms with Gasteiger partial charge in [0.25, 0.3) is 5.69 Å². The van der Waals surface area contributed by atoms with Crippen LogP contribution in [0.15, 0.2) is 54.6 Å². The van der Waals surface area contributed by atoms with Crippen molar-refractivity contribution in [3.8, 4) is 0 Å². The van der Waals surface area contributed by atoms with Gasteiger partial charge in [0.1, 0.15) is 0 Å². The van der Waals surface area contributed by atoms with Crippen LogP contribution >= 0.6 is 0 Å². The summed E-state index contributed by atoms with van der Waals surface area (Å²) in [5.74, 6) is -0.138. The van der Waals surface area contributed by atoms with E-state index in [0.717, 1.165) is 0 Å². The van der Waals surface area contributed by atoms with Gasteiger partial charge in [-0.15, -0.1) is 0 Å². The molecular weight excluding hydrogens is 385 g/mol. The van der Waals surface area contributed by atoms with Crippen LogP contribution in [0.1, 0.15) is 15.9 Å². The Morgan fingerprint density at radius 1 is 0.875 bits per heavy atom. The van der Waals surface area contributed by atoms with E-state index < -0.39 is 19.4 Å². The van der Waals surface area contributed by atoms with Gasteiger partial charge in [-0.2, -0.15) is 0 Å². The Hall–Kier alpha value is -2.33. The summed E-state index contributed by atoms with van der Waals surface area (Å²) >= 11 is -5.12. The molecule has 0 aliphatic carbocycles. The third-order valence-corrected chi connectivity index (χ3v) is 2.38. The molecule has 0 atom stereocenters. The Kier molecular flexibility index (Phi) is 10.4. The predicted octanol–water partition coefficient (Wildman–Crippen LogP) is 0.979. The number of non-ortho nitro benzene ring substituents is 1. The third-order valence-electron chi connectivity index (χ3n) is 2.38. The zero-order valence-electron chi connectivity index (χ0n) is 12.5. The van der Waals surface area contributed by atoms with Gasteiger partial charge in [0.05, 0.1) is 4.92 Å². The van der Waals surface area contributed by atoms with E-state index in [1.807, 2.05) is 6.07 Å². The molecule has 2 aromatic rings. The van der Waals surface area contributed by atoms with Crippen molar-refractivity contribution in [1.29, 1.82) is 0 Å². The average Bonchev–Trinajstić information content (AvgIpc) is 2.46. The second-order valence-corrected chi connectivity index (χ2v) is 6.17. The number of rotatable bonds is 3. The number of benzene rings is 2. The summed E-state index contributed by atoms with van der Waals surface area (Å²) in [5.41, 5.74) is 0.998. The molecule has 0 saturated heterocycles.